The van der Waals surface area contributed by atoms with Crippen molar-refractivity contribution < 1.29 is 17.6 Å². The summed E-state index contributed by atoms with van der Waals surface area (Å²) in [5.41, 5.74) is 2.12. The van der Waals surface area contributed by atoms with Gasteiger partial charge in [-0.1, -0.05) is 12.1 Å². The summed E-state index contributed by atoms with van der Waals surface area (Å²) < 4.78 is 39.1. The van der Waals surface area contributed by atoms with Gasteiger partial charge in [-0.3, -0.25) is 4.79 Å². The minimum atomic E-state index is -3.70. The molecule has 0 saturated heterocycles. The summed E-state index contributed by atoms with van der Waals surface area (Å²) in [6.07, 6.45) is 0.648. The SMILES string of the molecule is CN(Cc1ccc(N(C)C)cc1)C(=O)CCCN(C)S(=O)(=O)c1ccc(F)cc1. The Morgan fingerprint density at radius 3 is 2.07 bits per heavy atom. The van der Waals surface area contributed by atoms with Crippen molar-refractivity contribution in [2.75, 3.05) is 39.6 Å². The van der Waals surface area contributed by atoms with Crippen LogP contribution in [0.3, 0.4) is 0 Å². The zero-order valence-electron chi connectivity index (χ0n) is 17.3. The number of carbonyl (C=O) groups excluding carboxylic acids is 1. The molecule has 0 aliphatic carbocycles. The first kappa shape index (κ1) is 22.8. The second kappa shape index (κ2) is 9.84. The fraction of sp³-hybridized carbons (Fsp3) is 0.381. The maximum atomic E-state index is 13.0. The lowest BCUT2D eigenvalue weighted by Gasteiger charge is -2.20. The van der Waals surface area contributed by atoms with Crippen LogP contribution in [0, 0.1) is 5.82 Å². The molecular formula is C21H28FN3O3S. The van der Waals surface area contributed by atoms with Crippen LogP contribution in [-0.2, 0) is 21.4 Å². The Labute approximate surface area is 172 Å². The Balaban J connectivity index is 1.84. The van der Waals surface area contributed by atoms with E-state index in [1.807, 2.05) is 43.3 Å². The maximum absolute atomic E-state index is 13.0. The maximum Gasteiger partial charge on any atom is 0.242 e. The quantitative estimate of drug-likeness (QED) is 0.625. The van der Waals surface area contributed by atoms with Gasteiger partial charge in [0.15, 0.2) is 0 Å². The largest absolute Gasteiger partial charge is 0.378 e. The topological polar surface area (TPSA) is 60.9 Å². The van der Waals surface area contributed by atoms with E-state index in [1.165, 1.54) is 23.5 Å². The smallest absolute Gasteiger partial charge is 0.242 e. The van der Waals surface area contributed by atoms with Gasteiger partial charge in [0.2, 0.25) is 15.9 Å². The zero-order valence-corrected chi connectivity index (χ0v) is 18.1. The third-order valence-electron chi connectivity index (χ3n) is 4.68. The monoisotopic (exact) mass is 421 g/mol. The Morgan fingerprint density at radius 1 is 0.931 bits per heavy atom. The van der Waals surface area contributed by atoms with E-state index in [1.54, 1.807) is 11.9 Å². The summed E-state index contributed by atoms with van der Waals surface area (Å²) in [5.74, 6) is -0.536. The average Bonchev–Trinajstić information content (AvgIpc) is 2.68. The Morgan fingerprint density at radius 2 is 1.52 bits per heavy atom. The zero-order chi connectivity index (χ0) is 21.6. The molecule has 0 fully saturated rings. The van der Waals surface area contributed by atoms with Crippen LogP contribution in [0.25, 0.3) is 0 Å². The van der Waals surface area contributed by atoms with Crippen LogP contribution < -0.4 is 4.90 Å². The molecule has 29 heavy (non-hydrogen) atoms. The minimum absolute atomic E-state index is 0.0333. The minimum Gasteiger partial charge on any atom is -0.378 e. The van der Waals surface area contributed by atoms with Crippen molar-refractivity contribution in [2.24, 2.45) is 0 Å². The van der Waals surface area contributed by atoms with Crippen LogP contribution in [0.5, 0.6) is 0 Å². The molecule has 0 atom stereocenters. The van der Waals surface area contributed by atoms with E-state index in [9.17, 15) is 17.6 Å². The van der Waals surface area contributed by atoms with Gasteiger partial charge >= 0.3 is 0 Å². The molecule has 0 aliphatic heterocycles. The van der Waals surface area contributed by atoms with Gasteiger partial charge in [0, 0.05) is 53.4 Å². The van der Waals surface area contributed by atoms with Gasteiger partial charge in [-0.05, 0) is 48.4 Å². The summed E-state index contributed by atoms with van der Waals surface area (Å²) in [4.78, 5) is 16.0. The molecule has 0 saturated carbocycles. The van der Waals surface area contributed by atoms with Crippen molar-refractivity contribution >= 4 is 21.6 Å². The summed E-state index contributed by atoms with van der Waals surface area (Å²) >= 11 is 0. The van der Waals surface area contributed by atoms with Crippen LogP contribution >= 0.6 is 0 Å². The number of rotatable bonds is 9. The van der Waals surface area contributed by atoms with Gasteiger partial charge in [0.25, 0.3) is 0 Å². The molecule has 0 aliphatic rings. The number of hydrogen-bond acceptors (Lipinski definition) is 4. The van der Waals surface area contributed by atoms with Gasteiger partial charge < -0.3 is 9.80 Å². The molecule has 0 bridgehead atoms. The lowest BCUT2D eigenvalue weighted by molar-refractivity contribution is -0.130. The third kappa shape index (κ3) is 6.27. The molecule has 0 N–H and O–H groups in total. The molecule has 6 nitrogen and oxygen atoms in total. The van der Waals surface area contributed by atoms with Crippen LogP contribution in [-0.4, -0.2) is 58.3 Å². The average molecular weight is 422 g/mol. The van der Waals surface area contributed by atoms with Crippen molar-refractivity contribution in [3.05, 3.63) is 59.9 Å². The number of amides is 1. The van der Waals surface area contributed by atoms with Crippen molar-refractivity contribution in [1.82, 2.24) is 9.21 Å². The highest BCUT2D eigenvalue weighted by Gasteiger charge is 2.21. The second-order valence-corrected chi connectivity index (χ2v) is 9.24. The van der Waals surface area contributed by atoms with Crippen molar-refractivity contribution in [3.8, 4) is 0 Å². The van der Waals surface area contributed by atoms with Crippen LogP contribution in [0.15, 0.2) is 53.4 Å². The van der Waals surface area contributed by atoms with Crippen LogP contribution in [0.2, 0.25) is 0 Å². The third-order valence-corrected chi connectivity index (χ3v) is 6.55. The molecule has 2 rings (SSSR count). The summed E-state index contributed by atoms with van der Waals surface area (Å²) in [5, 5.41) is 0. The number of anilines is 1. The number of benzene rings is 2. The Hall–Kier alpha value is -2.45. The fourth-order valence-corrected chi connectivity index (χ4v) is 4.02. The molecule has 0 aromatic heterocycles. The van der Waals surface area contributed by atoms with E-state index in [2.05, 4.69) is 0 Å². The molecule has 0 heterocycles. The normalized spacial score (nSPS) is 11.5. The number of carbonyl (C=O) groups is 1. The van der Waals surface area contributed by atoms with E-state index >= 15 is 0 Å². The number of sulfonamides is 1. The molecule has 158 valence electrons. The highest BCUT2D eigenvalue weighted by Crippen LogP contribution is 2.16. The van der Waals surface area contributed by atoms with Crippen molar-refractivity contribution in [2.45, 2.75) is 24.3 Å². The van der Waals surface area contributed by atoms with Gasteiger partial charge in [-0.15, -0.1) is 0 Å². The standard InChI is InChI=1S/C21H28FN3O3S/c1-23(2)19-11-7-17(8-12-19)16-24(3)21(26)6-5-15-25(4)29(27,28)20-13-9-18(22)10-14-20/h7-14H,5-6,15-16H2,1-4H3. The molecule has 2 aromatic rings. The lowest BCUT2D eigenvalue weighted by Crippen LogP contribution is -2.30. The van der Waals surface area contributed by atoms with Crippen LogP contribution in [0.1, 0.15) is 18.4 Å². The predicted octanol–water partition coefficient (Wildman–Crippen LogP) is 2.95. The number of hydrogen-bond donors (Lipinski definition) is 0. The fourth-order valence-electron chi connectivity index (χ4n) is 2.81. The Bertz CT molecular complexity index is 913. The highest BCUT2D eigenvalue weighted by molar-refractivity contribution is 7.89. The predicted molar refractivity (Wildman–Crippen MR) is 113 cm³/mol. The summed E-state index contributed by atoms with van der Waals surface area (Å²) in [6, 6.07) is 12.7. The first-order chi connectivity index (χ1) is 13.6. The first-order valence-electron chi connectivity index (χ1n) is 9.33. The van der Waals surface area contributed by atoms with Gasteiger partial charge in [-0.25, -0.2) is 17.1 Å². The van der Waals surface area contributed by atoms with Gasteiger partial charge in [0.05, 0.1) is 4.90 Å². The summed E-state index contributed by atoms with van der Waals surface area (Å²) in [6.45, 7) is 0.701. The molecule has 2 aromatic carbocycles. The number of halogens is 1. The van der Waals surface area contributed by atoms with Crippen molar-refractivity contribution in [3.63, 3.8) is 0 Å². The lowest BCUT2D eigenvalue weighted by atomic mass is 10.2. The van der Waals surface area contributed by atoms with Crippen molar-refractivity contribution in [1.29, 1.82) is 0 Å². The van der Waals surface area contributed by atoms with Gasteiger partial charge in [-0.2, -0.15) is 0 Å². The molecule has 1 amide bonds. The second-order valence-electron chi connectivity index (χ2n) is 7.19. The van der Waals surface area contributed by atoms with E-state index in [4.69, 9.17) is 0 Å². The Kier molecular flexibility index (Phi) is 7.75. The van der Waals surface area contributed by atoms with Crippen LogP contribution in [0.4, 0.5) is 10.1 Å². The summed E-state index contributed by atoms with van der Waals surface area (Å²) in [7, 11) is 3.44. The molecule has 8 heteroatoms. The molecular weight excluding hydrogens is 393 g/mol. The molecule has 0 radical (unpaired) electrons. The molecule has 0 spiro atoms. The van der Waals surface area contributed by atoms with E-state index in [-0.39, 0.29) is 23.8 Å². The highest BCUT2D eigenvalue weighted by atomic mass is 32.2. The van der Waals surface area contributed by atoms with E-state index < -0.39 is 15.8 Å². The first-order valence-corrected chi connectivity index (χ1v) is 10.8. The number of nitrogens with zero attached hydrogens (tertiary/aromatic N) is 3. The van der Waals surface area contributed by atoms with E-state index in [0.717, 1.165) is 23.4 Å². The molecule has 0 unspecified atom stereocenters. The van der Waals surface area contributed by atoms with Gasteiger partial charge in [0.1, 0.15) is 5.82 Å². The van der Waals surface area contributed by atoms with E-state index in [0.29, 0.717) is 13.0 Å².